The van der Waals surface area contributed by atoms with E-state index in [9.17, 15) is 4.79 Å². The Labute approximate surface area is 120 Å². The van der Waals surface area contributed by atoms with Gasteiger partial charge in [0.2, 0.25) is 6.29 Å². The smallest absolute Gasteiger partial charge is 0.305 e. The van der Waals surface area contributed by atoms with Gasteiger partial charge in [0, 0.05) is 6.92 Å². The Morgan fingerprint density at radius 2 is 1.89 bits per heavy atom. The summed E-state index contributed by atoms with van der Waals surface area (Å²) in [6.45, 7) is 3.23. The number of hydrogen-bond donors (Lipinski definition) is 0. The first kappa shape index (κ1) is 15.2. The van der Waals surface area contributed by atoms with Crippen LogP contribution in [0, 0.1) is 0 Å². The lowest BCUT2D eigenvalue weighted by molar-refractivity contribution is -0.343. The van der Waals surface area contributed by atoms with Crippen LogP contribution in [0.1, 0.15) is 13.8 Å². The summed E-state index contributed by atoms with van der Waals surface area (Å²) in [5, 5.41) is 0. The van der Waals surface area contributed by atoms with Crippen LogP contribution in [-0.2, 0) is 32.3 Å². The van der Waals surface area contributed by atoms with Crippen LogP contribution >= 0.6 is 23.7 Å². The number of esters is 1. The Balaban J connectivity index is 2.16. The van der Waals surface area contributed by atoms with E-state index in [0.717, 1.165) is 0 Å². The lowest BCUT2D eigenvalue weighted by atomic mass is 9.98. The first-order valence-electron chi connectivity index (χ1n) is 5.71. The monoisotopic (exact) mass is 316 g/mol. The molecule has 2 aliphatic rings. The van der Waals surface area contributed by atoms with Crippen molar-refractivity contribution >= 4 is 29.7 Å². The molecule has 1 unspecified atom stereocenters. The van der Waals surface area contributed by atoms with Crippen molar-refractivity contribution in [1.82, 2.24) is 0 Å². The van der Waals surface area contributed by atoms with Gasteiger partial charge in [-0.25, -0.2) is 0 Å². The molecule has 2 aliphatic heterocycles. The highest BCUT2D eigenvalue weighted by Crippen LogP contribution is 2.33. The normalized spacial score (nSPS) is 42.5. The molecule has 0 N–H and O–H groups in total. The van der Waals surface area contributed by atoms with Crippen molar-refractivity contribution < 1.29 is 32.3 Å². The maximum absolute atomic E-state index is 11.0. The molecular weight excluding hydrogens is 303 g/mol. The van der Waals surface area contributed by atoms with E-state index in [1.165, 1.54) is 6.92 Å². The van der Waals surface area contributed by atoms with E-state index in [0.29, 0.717) is 0 Å². The predicted octanol–water partition coefficient (Wildman–Crippen LogP) is 1.11. The van der Waals surface area contributed by atoms with Crippen LogP contribution < -0.4 is 0 Å². The van der Waals surface area contributed by atoms with Crippen LogP contribution in [0.4, 0.5) is 0 Å². The highest BCUT2D eigenvalue weighted by molar-refractivity contribution is 6.08. The fourth-order valence-corrected chi connectivity index (χ4v) is 2.51. The average Bonchev–Trinajstić information content (AvgIpc) is 2.36. The van der Waals surface area contributed by atoms with Crippen molar-refractivity contribution in [2.45, 2.75) is 50.8 Å². The van der Waals surface area contributed by atoms with Crippen LogP contribution in [0.15, 0.2) is 0 Å². The molecule has 7 nitrogen and oxygen atoms in total. The Morgan fingerprint density at radius 3 is 2.47 bits per heavy atom. The molecule has 2 rings (SSSR count). The third-order valence-corrected chi connectivity index (χ3v) is 3.33. The quantitative estimate of drug-likeness (QED) is 0.722. The molecule has 6 atom stereocenters. The molecule has 110 valence electrons. The van der Waals surface area contributed by atoms with Gasteiger partial charge >= 0.3 is 5.97 Å². The van der Waals surface area contributed by atoms with Crippen LogP contribution in [0.3, 0.4) is 0 Å². The first-order valence-corrected chi connectivity index (χ1v) is 6.33. The molecule has 0 aromatic rings. The zero-order valence-corrected chi connectivity index (χ0v) is 11.8. The van der Waals surface area contributed by atoms with E-state index < -0.39 is 43.0 Å². The van der Waals surface area contributed by atoms with Gasteiger partial charge in [-0.1, -0.05) is 0 Å². The lowest BCUT2D eigenvalue weighted by Crippen LogP contribution is -2.63. The standard InChI is InChI=1S/C10H14Cl2O7/c1-4(13)15-10-9(19-12)8(18-11)7-6(17-10)3-14-5(2)16-7/h5-10H,3H2,1-2H3/t5?,6-,7-,8+,9-,10-/m1/s1. The van der Waals surface area contributed by atoms with Crippen molar-refractivity contribution in [2.24, 2.45) is 0 Å². The maximum Gasteiger partial charge on any atom is 0.305 e. The summed E-state index contributed by atoms with van der Waals surface area (Å²) in [6.07, 6.45) is -4.16. The fraction of sp³-hybridized carbons (Fsp3) is 0.900. The third kappa shape index (κ3) is 3.30. The van der Waals surface area contributed by atoms with Gasteiger partial charge in [0.1, 0.15) is 18.3 Å². The topological polar surface area (TPSA) is 72.5 Å². The summed E-state index contributed by atoms with van der Waals surface area (Å²) in [5.74, 6) is -0.540. The summed E-state index contributed by atoms with van der Waals surface area (Å²) in [4.78, 5) is 11.0. The second-order valence-electron chi connectivity index (χ2n) is 4.26. The zero-order valence-electron chi connectivity index (χ0n) is 10.3. The maximum atomic E-state index is 11.0. The number of hydrogen-bond acceptors (Lipinski definition) is 7. The highest BCUT2D eigenvalue weighted by atomic mass is 35.5. The Morgan fingerprint density at radius 1 is 1.21 bits per heavy atom. The van der Waals surface area contributed by atoms with Gasteiger partial charge in [0.05, 0.1) is 30.3 Å². The molecule has 2 heterocycles. The molecule has 0 bridgehead atoms. The highest BCUT2D eigenvalue weighted by Gasteiger charge is 2.52. The molecule has 19 heavy (non-hydrogen) atoms. The summed E-state index contributed by atoms with van der Waals surface area (Å²) in [5.41, 5.74) is 0. The van der Waals surface area contributed by atoms with Gasteiger partial charge < -0.3 is 18.9 Å². The Hall–Kier alpha value is -0.150. The molecule has 0 saturated carbocycles. The second kappa shape index (κ2) is 6.53. The molecular formula is C10H14Cl2O7. The number of rotatable bonds is 3. The summed E-state index contributed by atoms with van der Waals surface area (Å²) in [7, 11) is 0. The number of ether oxygens (including phenoxy) is 4. The van der Waals surface area contributed by atoms with Crippen LogP contribution in [-0.4, -0.2) is 49.6 Å². The molecule has 0 spiro atoms. The van der Waals surface area contributed by atoms with Crippen LogP contribution in [0.5, 0.6) is 0 Å². The minimum atomic E-state index is -1.04. The van der Waals surface area contributed by atoms with Crippen molar-refractivity contribution in [1.29, 1.82) is 0 Å². The third-order valence-electron chi connectivity index (χ3n) is 2.92. The van der Waals surface area contributed by atoms with Gasteiger partial charge in [-0.2, -0.15) is 0 Å². The van der Waals surface area contributed by atoms with Gasteiger partial charge in [0.25, 0.3) is 0 Å². The lowest BCUT2D eigenvalue weighted by Gasteiger charge is -2.46. The summed E-state index contributed by atoms with van der Waals surface area (Å²) in [6, 6.07) is 0. The van der Waals surface area contributed by atoms with E-state index in [4.69, 9.17) is 51.3 Å². The van der Waals surface area contributed by atoms with Gasteiger partial charge in [-0.05, 0) is 6.92 Å². The Bertz CT molecular complexity index is 329. The number of carbonyl (C=O) groups is 1. The molecule has 0 aromatic heterocycles. The average molecular weight is 317 g/mol. The number of fused-ring (bicyclic) bond motifs is 1. The fourth-order valence-electron chi connectivity index (χ4n) is 2.12. The summed E-state index contributed by atoms with van der Waals surface area (Å²) < 4.78 is 30.9. The predicted molar refractivity (Wildman–Crippen MR) is 62.2 cm³/mol. The minimum absolute atomic E-state index is 0.259. The van der Waals surface area contributed by atoms with E-state index in [1.54, 1.807) is 6.92 Å². The summed E-state index contributed by atoms with van der Waals surface area (Å²) >= 11 is 10.9. The van der Waals surface area contributed by atoms with E-state index in [-0.39, 0.29) is 6.61 Å². The van der Waals surface area contributed by atoms with Crippen molar-refractivity contribution in [2.75, 3.05) is 6.61 Å². The van der Waals surface area contributed by atoms with Crippen LogP contribution in [0.25, 0.3) is 0 Å². The van der Waals surface area contributed by atoms with Gasteiger partial charge in [-0.15, -0.1) is 0 Å². The number of carbonyl (C=O) groups excluding carboxylic acids is 1. The second-order valence-corrected chi connectivity index (χ2v) is 4.62. The molecule has 2 fully saturated rings. The molecule has 9 heteroatoms. The van der Waals surface area contributed by atoms with E-state index in [2.05, 4.69) is 0 Å². The van der Waals surface area contributed by atoms with E-state index >= 15 is 0 Å². The van der Waals surface area contributed by atoms with Crippen molar-refractivity contribution in [3.05, 3.63) is 0 Å². The molecule has 2 saturated heterocycles. The van der Waals surface area contributed by atoms with Crippen molar-refractivity contribution in [3.8, 4) is 0 Å². The molecule has 0 radical (unpaired) electrons. The Kier molecular flexibility index (Phi) is 5.24. The van der Waals surface area contributed by atoms with Crippen molar-refractivity contribution in [3.63, 3.8) is 0 Å². The molecule has 0 aliphatic carbocycles. The molecule has 0 amide bonds. The van der Waals surface area contributed by atoms with E-state index in [1.807, 2.05) is 0 Å². The molecule has 0 aromatic carbocycles. The SMILES string of the molecule is CC(=O)O[C@@H]1O[C@@H]2COC(C)O[C@H]2[C@H](OCl)[C@H]1OCl. The van der Waals surface area contributed by atoms with Gasteiger partial charge in [0.15, 0.2) is 12.4 Å². The number of halogens is 2. The zero-order chi connectivity index (χ0) is 14.0. The minimum Gasteiger partial charge on any atom is -0.433 e. The van der Waals surface area contributed by atoms with Crippen LogP contribution in [0.2, 0.25) is 0 Å². The first-order chi connectivity index (χ1) is 9.06. The van der Waals surface area contributed by atoms with Gasteiger partial charge in [-0.3, -0.25) is 13.4 Å². The largest absolute Gasteiger partial charge is 0.433 e.